The Kier molecular flexibility index (Phi) is 4.05. The number of hydrogen-bond donors (Lipinski definition) is 2. The molecule has 0 aromatic carbocycles. The zero-order valence-electron chi connectivity index (χ0n) is 10.9. The van der Waals surface area contributed by atoms with Crippen LogP contribution < -0.4 is 10.6 Å². The van der Waals surface area contributed by atoms with Crippen molar-refractivity contribution < 1.29 is 9.53 Å². The van der Waals surface area contributed by atoms with Crippen molar-refractivity contribution in [3.8, 4) is 0 Å². The summed E-state index contributed by atoms with van der Waals surface area (Å²) in [6.07, 6.45) is 3.70. The number of rotatable bonds is 6. The molecule has 0 aromatic rings. The summed E-state index contributed by atoms with van der Waals surface area (Å²) < 4.78 is 5.39. The van der Waals surface area contributed by atoms with Gasteiger partial charge >= 0.3 is 0 Å². The zero-order valence-corrected chi connectivity index (χ0v) is 10.9. The van der Waals surface area contributed by atoms with Crippen molar-refractivity contribution in [3.05, 3.63) is 0 Å². The highest BCUT2D eigenvalue weighted by molar-refractivity contribution is 5.80. The van der Waals surface area contributed by atoms with Crippen molar-refractivity contribution >= 4 is 5.91 Å². The average molecular weight is 240 g/mol. The third-order valence-corrected chi connectivity index (χ3v) is 4.23. The minimum Gasteiger partial charge on any atom is -0.379 e. The summed E-state index contributed by atoms with van der Waals surface area (Å²) in [4.78, 5) is 12.1. The molecule has 1 aliphatic carbocycles. The highest BCUT2D eigenvalue weighted by Gasteiger charge is 2.42. The molecule has 0 spiro atoms. The van der Waals surface area contributed by atoms with Crippen LogP contribution in [0.5, 0.6) is 0 Å². The normalized spacial score (nSPS) is 30.2. The van der Waals surface area contributed by atoms with E-state index >= 15 is 0 Å². The van der Waals surface area contributed by atoms with Gasteiger partial charge in [0.15, 0.2) is 0 Å². The van der Waals surface area contributed by atoms with E-state index in [1.807, 2.05) is 0 Å². The Labute approximate surface area is 103 Å². The van der Waals surface area contributed by atoms with Crippen LogP contribution in [-0.4, -0.2) is 38.3 Å². The second-order valence-corrected chi connectivity index (χ2v) is 5.38. The maximum Gasteiger partial charge on any atom is 0.227 e. The molecule has 4 heteroatoms. The molecule has 1 saturated carbocycles. The van der Waals surface area contributed by atoms with Gasteiger partial charge in [-0.05, 0) is 31.2 Å². The summed E-state index contributed by atoms with van der Waals surface area (Å²) in [6, 6.07) is 0.191. The van der Waals surface area contributed by atoms with Gasteiger partial charge in [-0.15, -0.1) is 0 Å². The van der Waals surface area contributed by atoms with Crippen LogP contribution in [0, 0.1) is 11.3 Å². The summed E-state index contributed by atoms with van der Waals surface area (Å²) in [7, 11) is 0. The molecule has 0 bridgehead atoms. The van der Waals surface area contributed by atoms with Crippen molar-refractivity contribution in [2.24, 2.45) is 11.3 Å². The van der Waals surface area contributed by atoms with Crippen molar-refractivity contribution in [2.45, 2.75) is 39.2 Å². The predicted molar refractivity (Wildman–Crippen MR) is 66.7 cm³/mol. The number of carbonyl (C=O) groups excluding carboxylic acids is 1. The first-order chi connectivity index (χ1) is 8.21. The van der Waals surface area contributed by atoms with Gasteiger partial charge in [0.2, 0.25) is 5.91 Å². The number of likely N-dealkylation sites (N-methyl/N-ethyl adjacent to an activating group) is 1. The number of nitrogens with one attached hydrogen (secondary N) is 2. The summed E-state index contributed by atoms with van der Waals surface area (Å²) in [5, 5.41) is 6.42. The molecule has 2 rings (SSSR count). The largest absolute Gasteiger partial charge is 0.379 e. The van der Waals surface area contributed by atoms with Crippen LogP contribution in [0.4, 0.5) is 0 Å². The van der Waals surface area contributed by atoms with Crippen LogP contribution in [0.3, 0.4) is 0 Å². The Bertz CT molecular complexity index is 277. The van der Waals surface area contributed by atoms with E-state index in [2.05, 4.69) is 24.5 Å². The summed E-state index contributed by atoms with van der Waals surface area (Å²) in [5.41, 5.74) is 0.419. The quantitative estimate of drug-likeness (QED) is 0.726. The molecule has 1 amide bonds. The molecule has 0 aromatic heterocycles. The van der Waals surface area contributed by atoms with Gasteiger partial charge in [0, 0.05) is 12.6 Å². The van der Waals surface area contributed by atoms with Crippen LogP contribution >= 0.6 is 0 Å². The van der Waals surface area contributed by atoms with E-state index in [9.17, 15) is 4.79 Å². The van der Waals surface area contributed by atoms with Gasteiger partial charge in [-0.25, -0.2) is 0 Å². The third-order valence-electron chi connectivity index (χ3n) is 4.23. The topological polar surface area (TPSA) is 50.4 Å². The monoisotopic (exact) mass is 240 g/mol. The minimum atomic E-state index is -0.0115. The fourth-order valence-corrected chi connectivity index (χ4v) is 2.51. The van der Waals surface area contributed by atoms with Gasteiger partial charge in [-0.2, -0.15) is 0 Å². The van der Waals surface area contributed by atoms with Crippen LogP contribution in [-0.2, 0) is 9.53 Å². The van der Waals surface area contributed by atoms with Crippen molar-refractivity contribution in [1.29, 1.82) is 0 Å². The summed E-state index contributed by atoms with van der Waals surface area (Å²) in [6.45, 7) is 7.21. The van der Waals surface area contributed by atoms with E-state index < -0.39 is 0 Å². The van der Waals surface area contributed by atoms with Crippen molar-refractivity contribution in [1.82, 2.24) is 10.6 Å². The molecule has 1 heterocycles. The summed E-state index contributed by atoms with van der Waals surface area (Å²) in [5.74, 6) is 0.149. The lowest BCUT2D eigenvalue weighted by Gasteiger charge is -2.20. The Balaban J connectivity index is 1.78. The minimum absolute atomic E-state index is 0.0115. The van der Waals surface area contributed by atoms with E-state index in [0.29, 0.717) is 18.6 Å². The van der Waals surface area contributed by atoms with Gasteiger partial charge in [0.25, 0.3) is 0 Å². The molecule has 2 unspecified atom stereocenters. The molecule has 1 aliphatic heterocycles. The molecule has 0 radical (unpaired) electrons. The Morgan fingerprint density at radius 1 is 1.35 bits per heavy atom. The van der Waals surface area contributed by atoms with E-state index in [1.165, 1.54) is 19.3 Å². The second-order valence-electron chi connectivity index (χ2n) is 5.38. The Hall–Kier alpha value is -0.610. The van der Waals surface area contributed by atoms with E-state index in [1.54, 1.807) is 0 Å². The fourth-order valence-electron chi connectivity index (χ4n) is 2.51. The van der Waals surface area contributed by atoms with Gasteiger partial charge in [-0.1, -0.05) is 13.8 Å². The Morgan fingerprint density at radius 2 is 2.12 bits per heavy atom. The van der Waals surface area contributed by atoms with Gasteiger partial charge in [-0.3, -0.25) is 4.79 Å². The number of hydrogen-bond acceptors (Lipinski definition) is 3. The first kappa shape index (κ1) is 12.8. The molecule has 2 fully saturated rings. The van der Waals surface area contributed by atoms with Crippen LogP contribution in [0.15, 0.2) is 0 Å². The molecular formula is C13H24N2O2. The van der Waals surface area contributed by atoms with E-state index in [4.69, 9.17) is 4.74 Å². The van der Waals surface area contributed by atoms with Crippen molar-refractivity contribution in [3.63, 3.8) is 0 Å². The highest BCUT2D eigenvalue weighted by atomic mass is 16.5. The lowest BCUT2D eigenvalue weighted by Crippen LogP contribution is -2.45. The first-order valence-corrected chi connectivity index (χ1v) is 6.79. The van der Waals surface area contributed by atoms with Crippen molar-refractivity contribution in [2.75, 3.05) is 26.3 Å². The lowest BCUT2D eigenvalue weighted by molar-refractivity contribution is -0.125. The average Bonchev–Trinajstić information content (AvgIpc) is 2.98. The van der Waals surface area contributed by atoms with E-state index in [0.717, 1.165) is 13.1 Å². The molecule has 2 N–H and O–H groups in total. The van der Waals surface area contributed by atoms with Crippen LogP contribution in [0.25, 0.3) is 0 Å². The molecule has 17 heavy (non-hydrogen) atoms. The third kappa shape index (κ3) is 2.99. The highest BCUT2D eigenvalue weighted by Crippen LogP contribution is 2.47. The first-order valence-electron chi connectivity index (χ1n) is 6.79. The molecule has 98 valence electrons. The van der Waals surface area contributed by atoms with Crippen LogP contribution in [0.2, 0.25) is 0 Å². The summed E-state index contributed by atoms with van der Waals surface area (Å²) >= 11 is 0. The second kappa shape index (κ2) is 5.36. The molecule has 1 saturated heterocycles. The Morgan fingerprint density at radius 3 is 2.71 bits per heavy atom. The van der Waals surface area contributed by atoms with Gasteiger partial charge in [0.05, 0.1) is 19.1 Å². The fraction of sp³-hybridized carbons (Fsp3) is 0.923. The molecule has 4 nitrogen and oxygen atoms in total. The SMILES string of the molecule is CCNC1COCC1C(=O)NCC1(CC)CC1. The maximum absolute atomic E-state index is 12.1. The maximum atomic E-state index is 12.1. The predicted octanol–water partition coefficient (Wildman–Crippen LogP) is 0.917. The number of ether oxygens (including phenoxy) is 1. The standard InChI is InChI=1S/C13H24N2O2/c1-3-13(5-6-13)9-15-12(16)10-7-17-8-11(10)14-4-2/h10-11,14H,3-9H2,1-2H3,(H,15,16). The van der Waals surface area contributed by atoms with Gasteiger partial charge in [0.1, 0.15) is 0 Å². The molecule has 2 aliphatic rings. The van der Waals surface area contributed by atoms with Gasteiger partial charge < -0.3 is 15.4 Å². The molecule has 2 atom stereocenters. The molecular weight excluding hydrogens is 216 g/mol. The number of amides is 1. The smallest absolute Gasteiger partial charge is 0.227 e. The lowest BCUT2D eigenvalue weighted by atomic mass is 10.0. The van der Waals surface area contributed by atoms with Crippen LogP contribution in [0.1, 0.15) is 33.1 Å². The zero-order chi connectivity index (χ0) is 12.3. The number of carbonyl (C=O) groups is 1. The van der Waals surface area contributed by atoms with E-state index in [-0.39, 0.29) is 17.9 Å².